The molecule has 7 heteroatoms. The summed E-state index contributed by atoms with van der Waals surface area (Å²) in [6.07, 6.45) is 44.6. The van der Waals surface area contributed by atoms with Crippen LogP contribution in [0.15, 0.2) is 60.7 Å². The molecule has 386 valence electrons. The third-order valence-electron chi connectivity index (χ3n) is 15.3. The van der Waals surface area contributed by atoms with Gasteiger partial charge >= 0.3 is 11.9 Å². The highest BCUT2D eigenvalue weighted by Crippen LogP contribution is 2.37. The summed E-state index contributed by atoms with van der Waals surface area (Å²) >= 11 is 0. The minimum atomic E-state index is -2.55. The largest absolute Gasteiger partial charge is 0.462 e. The second kappa shape index (κ2) is 36.4. The zero-order valence-electron chi connectivity index (χ0n) is 44.3. The van der Waals surface area contributed by atoms with Gasteiger partial charge in [0.05, 0.1) is 0 Å². The molecule has 2 saturated carbocycles. The van der Waals surface area contributed by atoms with Crippen LogP contribution in [0.4, 0.5) is 0 Å². The molecule has 0 bridgehead atoms. The van der Waals surface area contributed by atoms with Gasteiger partial charge in [0, 0.05) is 25.5 Å². The molecule has 0 unspecified atom stereocenters. The molecule has 2 aromatic rings. The Bertz CT molecular complexity index is 1400. The highest BCUT2D eigenvalue weighted by Gasteiger charge is 2.50. The Morgan fingerprint density at radius 3 is 1.16 bits per heavy atom. The molecule has 0 amide bonds. The molecule has 6 nitrogen and oxygen atoms in total. The first kappa shape index (κ1) is 58.1. The highest BCUT2D eigenvalue weighted by molar-refractivity contribution is 6.99. The van der Waals surface area contributed by atoms with Crippen LogP contribution in [-0.4, -0.2) is 51.7 Å². The summed E-state index contributed by atoms with van der Waals surface area (Å²) in [5.74, 6) is -0.000464. The fraction of sp³-hybridized carbons (Fsp3) is 0.770. The first-order valence-electron chi connectivity index (χ1n) is 29.2. The van der Waals surface area contributed by atoms with E-state index in [1.807, 2.05) is 0 Å². The number of unbranched alkanes of at least 4 members (excludes halogenated alkanes) is 3. The third kappa shape index (κ3) is 24.6. The molecule has 0 aliphatic heterocycles. The number of hydrogen-bond donors (Lipinski definition) is 1. The van der Waals surface area contributed by atoms with Crippen molar-refractivity contribution in [2.45, 2.75) is 288 Å². The van der Waals surface area contributed by atoms with Gasteiger partial charge in [-0.15, -0.1) is 0 Å². The van der Waals surface area contributed by atoms with Crippen molar-refractivity contribution < 1.29 is 23.5 Å². The maximum atomic E-state index is 13.2. The Morgan fingerprint density at radius 2 is 0.824 bits per heavy atom. The van der Waals surface area contributed by atoms with Crippen LogP contribution in [0.5, 0.6) is 0 Å². The lowest BCUT2D eigenvalue weighted by Gasteiger charge is -2.43. The van der Waals surface area contributed by atoms with Crippen molar-refractivity contribution in [2.75, 3.05) is 13.2 Å². The Labute approximate surface area is 419 Å². The van der Waals surface area contributed by atoms with E-state index in [2.05, 4.69) is 86.8 Å². The summed E-state index contributed by atoms with van der Waals surface area (Å²) in [6, 6.07) is 22.3. The molecule has 2 fully saturated rings. The van der Waals surface area contributed by atoms with Crippen LogP contribution in [0, 0.1) is 0 Å². The first-order valence-corrected chi connectivity index (χ1v) is 31.1. The molecule has 4 rings (SSSR count). The fourth-order valence-electron chi connectivity index (χ4n) is 11.2. The van der Waals surface area contributed by atoms with Crippen LogP contribution in [-0.2, 0) is 23.5 Å². The Morgan fingerprint density at radius 1 is 0.485 bits per heavy atom. The number of rotatable bonds is 21. The molecule has 2 aromatic carbocycles. The van der Waals surface area contributed by atoms with E-state index in [0.29, 0.717) is 18.9 Å². The molecule has 0 spiro atoms. The first-order chi connectivity index (χ1) is 33.3. The molecule has 0 heterocycles. The minimum Gasteiger partial charge on any atom is -0.462 e. The Hall–Kier alpha value is -2.48. The summed E-state index contributed by atoms with van der Waals surface area (Å²) < 4.78 is 19.6. The summed E-state index contributed by atoms with van der Waals surface area (Å²) in [5, 5.41) is 6.56. The number of nitrogens with one attached hydrogen (secondary N) is 1. The van der Waals surface area contributed by atoms with Crippen molar-refractivity contribution >= 4 is 30.6 Å². The van der Waals surface area contributed by atoms with Gasteiger partial charge in [0.2, 0.25) is 0 Å². The smallest absolute Gasteiger partial charge is 0.306 e. The predicted molar refractivity (Wildman–Crippen MR) is 291 cm³/mol. The molecule has 2 aliphatic carbocycles. The van der Waals surface area contributed by atoms with Crippen LogP contribution in [0.2, 0.25) is 5.04 Å². The topological polar surface area (TPSA) is 73.9 Å². The normalized spacial score (nSPS) is 18.4. The summed E-state index contributed by atoms with van der Waals surface area (Å²) in [6.45, 7) is 8.71. The Balaban J connectivity index is 1.27. The van der Waals surface area contributed by atoms with Crippen LogP contribution in [0.1, 0.15) is 265 Å². The van der Waals surface area contributed by atoms with Crippen molar-refractivity contribution in [3.05, 3.63) is 60.7 Å². The van der Waals surface area contributed by atoms with Crippen molar-refractivity contribution in [1.29, 1.82) is 0 Å². The van der Waals surface area contributed by atoms with E-state index in [-0.39, 0.29) is 29.2 Å². The van der Waals surface area contributed by atoms with Crippen LogP contribution < -0.4 is 15.7 Å². The molecule has 0 radical (unpaired) electrons. The van der Waals surface area contributed by atoms with Gasteiger partial charge in [-0.25, -0.2) is 0 Å². The van der Waals surface area contributed by atoms with Gasteiger partial charge in [0.15, 0.2) is 0 Å². The van der Waals surface area contributed by atoms with Crippen LogP contribution in [0.3, 0.4) is 0 Å². The maximum Gasteiger partial charge on any atom is 0.306 e. The van der Waals surface area contributed by atoms with Gasteiger partial charge in [0.1, 0.15) is 12.2 Å². The molecule has 2 aliphatic rings. The molecule has 0 saturated heterocycles. The minimum absolute atomic E-state index is 0.000232. The average Bonchev–Trinajstić information content (AvgIpc) is 3.35. The van der Waals surface area contributed by atoms with Gasteiger partial charge in [-0.3, -0.25) is 9.59 Å². The van der Waals surface area contributed by atoms with E-state index in [4.69, 9.17) is 13.9 Å². The number of esters is 2. The summed E-state index contributed by atoms with van der Waals surface area (Å²) in [5.41, 5.74) is 0. The second-order valence-electron chi connectivity index (χ2n) is 22.2. The van der Waals surface area contributed by atoms with Crippen molar-refractivity contribution in [1.82, 2.24) is 5.32 Å². The standard InChI is InChI=1S/C61H103NO5Si/c1-61(2,3)68(57-46-30-24-31-47-57,58-48-32-25-33-49-58)65-53-39-38-52-62-54(40-34-36-50-59(63)66-55-42-26-20-16-12-8-4-5-9-13-17-21-27-43-55)41-35-37-51-60(64)67-56-44-28-22-18-14-10-6-7-11-15-19-23-29-45-56/h24-25,30-33,46-49,54-56,62H,4-23,26-29,34-45,50-53H2,1-3H3. The van der Waals surface area contributed by atoms with Crippen molar-refractivity contribution in [3.63, 3.8) is 0 Å². The van der Waals surface area contributed by atoms with E-state index in [9.17, 15) is 9.59 Å². The molecule has 1 N–H and O–H groups in total. The Kier molecular flexibility index (Phi) is 31.1. The van der Waals surface area contributed by atoms with Gasteiger partial charge in [-0.1, -0.05) is 223 Å². The SMILES string of the molecule is CC(C)(C)[Si](OCCCCNC(CCCCC(=O)OC1CCCCCCCCCCCCCC1)CCCCC(=O)OC1CCCCCCCCCCCCCC1)(c1ccccc1)c1ccccc1. The molecular weight excluding hydrogens is 855 g/mol. The molecule has 68 heavy (non-hydrogen) atoms. The average molecular weight is 959 g/mol. The lowest BCUT2D eigenvalue weighted by atomic mass is 10.0. The number of benzene rings is 2. The third-order valence-corrected chi connectivity index (χ3v) is 20.3. The number of carbonyl (C=O) groups excluding carboxylic acids is 2. The predicted octanol–water partition coefficient (Wildman–Crippen LogP) is 16.2. The quantitative estimate of drug-likeness (QED) is 0.0763. The molecule has 0 aromatic heterocycles. The van der Waals surface area contributed by atoms with Crippen molar-refractivity contribution in [3.8, 4) is 0 Å². The zero-order valence-corrected chi connectivity index (χ0v) is 45.3. The summed E-state index contributed by atoms with van der Waals surface area (Å²) in [7, 11) is -2.55. The van der Waals surface area contributed by atoms with Gasteiger partial charge in [0.25, 0.3) is 8.32 Å². The van der Waals surface area contributed by atoms with E-state index < -0.39 is 8.32 Å². The van der Waals surface area contributed by atoms with E-state index >= 15 is 0 Å². The number of carbonyl (C=O) groups is 2. The lowest BCUT2D eigenvalue weighted by Crippen LogP contribution is -2.66. The van der Waals surface area contributed by atoms with Gasteiger partial charge < -0.3 is 19.2 Å². The molecular formula is C61H103NO5Si. The van der Waals surface area contributed by atoms with Gasteiger partial charge in [-0.05, 0) is 112 Å². The zero-order chi connectivity index (χ0) is 48.2. The summed E-state index contributed by atoms with van der Waals surface area (Å²) in [4.78, 5) is 26.5. The van der Waals surface area contributed by atoms with E-state index in [1.54, 1.807) is 0 Å². The number of ether oxygens (including phenoxy) is 2. The van der Waals surface area contributed by atoms with E-state index in [1.165, 1.54) is 164 Å². The van der Waals surface area contributed by atoms with Crippen LogP contribution in [0.25, 0.3) is 0 Å². The highest BCUT2D eigenvalue weighted by atomic mass is 28.4. The van der Waals surface area contributed by atoms with E-state index in [0.717, 1.165) is 90.2 Å². The number of hydrogen-bond acceptors (Lipinski definition) is 6. The van der Waals surface area contributed by atoms with Crippen LogP contribution >= 0.6 is 0 Å². The monoisotopic (exact) mass is 958 g/mol. The van der Waals surface area contributed by atoms with Crippen molar-refractivity contribution in [2.24, 2.45) is 0 Å². The lowest BCUT2D eigenvalue weighted by molar-refractivity contribution is -0.151. The molecule has 0 atom stereocenters. The van der Waals surface area contributed by atoms with Gasteiger partial charge in [-0.2, -0.15) is 0 Å². The fourth-order valence-corrected chi connectivity index (χ4v) is 15.8. The second-order valence-corrected chi connectivity index (χ2v) is 26.5. The maximum absolute atomic E-state index is 13.2.